The van der Waals surface area contributed by atoms with E-state index in [0.717, 1.165) is 19.3 Å². The van der Waals surface area contributed by atoms with Crippen LogP contribution in [0.3, 0.4) is 0 Å². The molecular formula is C23H27O. The van der Waals surface area contributed by atoms with E-state index in [1.807, 2.05) is 18.2 Å². The maximum absolute atomic E-state index is 10.9. The zero-order valence-electron chi connectivity index (χ0n) is 15.2. The van der Waals surface area contributed by atoms with Crippen molar-refractivity contribution in [2.75, 3.05) is 0 Å². The average Bonchev–Trinajstić information content (AvgIpc) is 3.34. The normalized spacial score (nSPS) is 22.7. The van der Waals surface area contributed by atoms with Crippen LogP contribution in [0.2, 0.25) is 0 Å². The SMILES string of the molecule is CC1(C)CCC(C)(C)c2c1ccc(O)c2C1(c2[c]cccc2)CC1. The number of rotatable bonds is 2. The monoisotopic (exact) mass is 319 g/mol. The van der Waals surface area contributed by atoms with Crippen LogP contribution in [-0.4, -0.2) is 5.11 Å². The van der Waals surface area contributed by atoms with Crippen molar-refractivity contribution >= 4 is 0 Å². The van der Waals surface area contributed by atoms with Crippen LogP contribution in [0.5, 0.6) is 5.75 Å². The van der Waals surface area contributed by atoms with Crippen LogP contribution in [0, 0.1) is 6.07 Å². The number of hydrogen-bond donors (Lipinski definition) is 1. The van der Waals surface area contributed by atoms with Gasteiger partial charge in [0.2, 0.25) is 0 Å². The van der Waals surface area contributed by atoms with Gasteiger partial charge < -0.3 is 5.11 Å². The Morgan fingerprint density at radius 2 is 1.54 bits per heavy atom. The van der Waals surface area contributed by atoms with E-state index in [9.17, 15) is 5.11 Å². The van der Waals surface area contributed by atoms with Crippen LogP contribution >= 0.6 is 0 Å². The van der Waals surface area contributed by atoms with E-state index in [-0.39, 0.29) is 16.2 Å². The predicted molar refractivity (Wildman–Crippen MR) is 98.7 cm³/mol. The Kier molecular flexibility index (Phi) is 3.20. The van der Waals surface area contributed by atoms with E-state index in [0.29, 0.717) is 5.75 Å². The Morgan fingerprint density at radius 3 is 2.17 bits per heavy atom. The maximum atomic E-state index is 10.9. The fourth-order valence-electron chi connectivity index (χ4n) is 4.70. The van der Waals surface area contributed by atoms with Crippen molar-refractivity contribution in [3.05, 3.63) is 64.7 Å². The summed E-state index contributed by atoms with van der Waals surface area (Å²) in [4.78, 5) is 0. The zero-order valence-corrected chi connectivity index (χ0v) is 15.2. The summed E-state index contributed by atoms with van der Waals surface area (Å²) in [6, 6.07) is 15.8. The van der Waals surface area contributed by atoms with E-state index >= 15 is 0 Å². The van der Waals surface area contributed by atoms with E-state index in [1.54, 1.807) is 0 Å². The van der Waals surface area contributed by atoms with Gasteiger partial charge in [-0.15, -0.1) is 0 Å². The van der Waals surface area contributed by atoms with Gasteiger partial charge in [0.05, 0.1) is 0 Å². The molecule has 125 valence electrons. The number of aromatic hydroxyl groups is 1. The van der Waals surface area contributed by atoms with Crippen LogP contribution in [0.1, 0.15) is 75.6 Å². The maximum Gasteiger partial charge on any atom is 0.119 e. The van der Waals surface area contributed by atoms with Crippen molar-refractivity contribution < 1.29 is 5.11 Å². The number of phenols is 1. The molecule has 2 aliphatic rings. The lowest BCUT2D eigenvalue weighted by Crippen LogP contribution is -2.36. The quantitative estimate of drug-likeness (QED) is 0.761. The number of benzene rings is 2. The highest BCUT2D eigenvalue weighted by molar-refractivity contribution is 5.60. The highest BCUT2D eigenvalue weighted by atomic mass is 16.3. The van der Waals surface area contributed by atoms with Crippen molar-refractivity contribution in [3.63, 3.8) is 0 Å². The van der Waals surface area contributed by atoms with E-state index < -0.39 is 0 Å². The summed E-state index contributed by atoms with van der Waals surface area (Å²) in [5, 5.41) is 10.9. The summed E-state index contributed by atoms with van der Waals surface area (Å²) in [7, 11) is 0. The number of phenolic OH excluding ortho intramolecular Hbond substituents is 1. The van der Waals surface area contributed by atoms with Crippen molar-refractivity contribution in [2.45, 2.75) is 69.6 Å². The molecule has 1 nitrogen and oxygen atoms in total. The molecule has 2 aliphatic carbocycles. The van der Waals surface area contributed by atoms with Crippen molar-refractivity contribution in [2.24, 2.45) is 0 Å². The first-order valence-corrected chi connectivity index (χ1v) is 9.13. The van der Waals surface area contributed by atoms with Crippen molar-refractivity contribution in [1.29, 1.82) is 0 Å². The van der Waals surface area contributed by atoms with Gasteiger partial charge in [0.15, 0.2) is 0 Å². The number of fused-ring (bicyclic) bond motifs is 1. The Morgan fingerprint density at radius 1 is 0.833 bits per heavy atom. The highest BCUT2D eigenvalue weighted by Gasteiger charge is 2.52. The molecule has 0 bridgehead atoms. The first-order valence-electron chi connectivity index (χ1n) is 9.13. The van der Waals surface area contributed by atoms with Gasteiger partial charge in [-0.3, -0.25) is 0 Å². The molecule has 0 saturated heterocycles. The molecule has 4 rings (SSSR count). The average molecular weight is 319 g/mol. The predicted octanol–water partition coefficient (Wildman–Crippen LogP) is 5.62. The largest absolute Gasteiger partial charge is 0.508 e. The van der Waals surface area contributed by atoms with Gasteiger partial charge in [0.1, 0.15) is 5.75 Å². The molecule has 0 aromatic heterocycles. The Hall–Kier alpha value is -1.76. The molecule has 1 heteroatoms. The first-order chi connectivity index (χ1) is 11.3. The smallest absolute Gasteiger partial charge is 0.119 e. The molecule has 1 saturated carbocycles. The molecular weight excluding hydrogens is 292 g/mol. The van der Waals surface area contributed by atoms with Crippen LogP contribution < -0.4 is 0 Å². The standard InChI is InChI=1S/C23H27O/c1-21(2)12-13-22(3,4)19-17(21)10-11-18(24)20(19)23(14-15-23)16-8-6-5-7-9-16/h5-8,10-11,24H,12-15H2,1-4H3. The fourth-order valence-corrected chi connectivity index (χ4v) is 4.70. The van der Waals surface area contributed by atoms with Crippen molar-refractivity contribution in [1.82, 2.24) is 0 Å². The molecule has 0 atom stereocenters. The van der Waals surface area contributed by atoms with Crippen LogP contribution in [0.25, 0.3) is 0 Å². The fraction of sp³-hybridized carbons (Fsp3) is 0.478. The zero-order chi connectivity index (χ0) is 17.2. The summed E-state index contributed by atoms with van der Waals surface area (Å²) in [6.07, 6.45) is 4.57. The lowest BCUT2D eigenvalue weighted by Gasteiger charge is -2.44. The molecule has 2 aromatic carbocycles. The lowest BCUT2D eigenvalue weighted by molar-refractivity contribution is 0.325. The summed E-state index contributed by atoms with van der Waals surface area (Å²) in [5.74, 6) is 0.467. The molecule has 0 heterocycles. The molecule has 0 unspecified atom stereocenters. The summed E-state index contributed by atoms with van der Waals surface area (Å²) < 4.78 is 0. The second-order valence-electron chi connectivity index (χ2n) is 9.01. The van der Waals surface area contributed by atoms with E-state index in [4.69, 9.17) is 0 Å². The summed E-state index contributed by atoms with van der Waals surface area (Å²) in [5.41, 5.74) is 5.46. The van der Waals surface area contributed by atoms with Gasteiger partial charge in [0, 0.05) is 11.0 Å². The van der Waals surface area contributed by atoms with Crippen LogP contribution in [0.15, 0.2) is 36.4 Å². The number of hydrogen-bond acceptors (Lipinski definition) is 1. The molecule has 1 N–H and O–H groups in total. The molecule has 1 radical (unpaired) electrons. The summed E-state index contributed by atoms with van der Waals surface area (Å²) in [6.45, 7) is 9.37. The second-order valence-corrected chi connectivity index (χ2v) is 9.01. The molecule has 0 aliphatic heterocycles. The van der Waals surface area contributed by atoms with Crippen molar-refractivity contribution in [3.8, 4) is 5.75 Å². The molecule has 0 spiro atoms. The van der Waals surface area contributed by atoms with Crippen LogP contribution in [-0.2, 0) is 16.2 Å². The Balaban J connectivity index is 2.01. The van der Waals surface area contributed by atoms with Gasteiger partial charge in [-0.1, -0.05) is 58.0 Å². The third kappa shape index (κ3) is 2.13. The van der Waals surface area contributed by atoms with E-state index in [2.05, 4.69) is 52.0 Å². The van der Waals surface area contributed by atoms with Gasteiger partial charge in [-0.05, 0) is 65.3 Å². The molecule has 1 fully saturated rings. The van der Waals surface area contributed by atoms with Gasteiger partial charge in [-0.2, -0.15) is 0 Å². The van der Waals surface area contributed by atoms with Crippen LogP contribution in [0.4, 0.5) is 0 Å². The second kappa shape index (κ2) is 4.88. The van der Waals surface area contributed by atoms with Gasteiger partial charge >= 0.3 is 0 Å². The first kappa shape index (κ1) is 15.7. The minimum Gasteiger partial charge on any atom is -0.508 e. The van der Waals surface area contributed by atoms with E-state index in [1.165, 1.54) is 28.7 Å². The third-order valence-electron chi connectivity index (χ3n) is 6.42. The Bertz CT molecular complexity index is 779. The minimum absolute atomic E-state index is 0.0403. The summed E-state index contributed by atoms with van der Waals surface area (Å²) >= 11 is 0. The third-order valence-corrected chi connectivity index (χ3v) is 6.42. The van der Waals surface area contributed by atoms with Gasteiger partial charge in [-0.25, -0.2) is 0 Å². The molecule has 2 aromatic rings. The molecule has 0 amide bonds. The van der Waals surface area contributed by atoms with Gasteiger partial charge in [0.25, 0.3) is 0 Å². The highest BCUT2D eigenvalue weighted by Crippen LogP contribution is 2.61. The lowest BCUT2D eigenvalue weighted by atomic mass is 9.60. The molecule has 24 heavy (non-hydrogen) atoms. The minimum atomic E-state index is -0.0403. The topological polar surface area (TPSA) is 20.2 Å². The Labute approximate surface area is 145 Å².